The molecule has 0 saturated carbocycles. The van der Waals surface area contributed by atoms with Gasteiger partial charge in [-0.15, -0.1) is 6.58 Å². The molecule has 0 aliphatic carbocycles. The van der Waals surface area contributed by atoms with Crippen LogP contribution in [-0.2, 0) is 8.98 Å². The van der Waals surface area contributed by atoms with Gasteiger partial charge < -0.3 is 9.08 Å². The summed E-state index contributed by atoms with van der Waals surface area (Å²) in [5, 5.41) is 1.91. The molecule has 2 aromatic carbocycles. The van der Waals surface area contributed by atoms with Crippen molar-refractivity contribution >= 4 is 41.2 Å². The van der Waals surface area contributed by atoms with Crippen molar-refractivity contribution in [1.29, 1.82) is 0 Å². The number of piperidine rings is 1. The van der Waals surface area contributed by atoms with Crippen LogP contribution in [0.3, 0.4) is 0 Å². The number of carbonyl (C=O) groups is 1. The molecule has 1 aliphatic heterocycles. The quantitative estimate of drug-likeness (QED) is 0.244. The Hall–Kier alpha value is -1.46. The topological polar surface area (TPSA) is 29.5 Å². The third kappa shape index (κ3) is 8.96. The van der Waals surface area contributed by atoms with Crippen molar-refractivity contribution in [2.24, 2.45) is 11.8 Å². The zero-order valence-corrected chi connectivity index (χ0v) is 23.0. The van der Waals surface area contributed by atoms with Crippen LogP contribution >= 0.6 is 35.2 Å². The first-order valence-electron chi connectivity index (χ1n) is 11.9. The molecule has 1 fully saturated rings. The molecule has 34 heavy (non-hydrogen) atoms. The predicted molar refractivity (Wildman–Crippen MR) is 147 cm³/mol. The molecule has 0 N–H and O–H groups in total. The molecule has 1 aliphatic rings. The summed E-state index contributed by atoms with van der Waals surface area (Å²) in [6, 6.07) is 17.5. The highest BCUT2D eigenvalue weighted by Gasteiger charge is 2.40. The van der Waals surface area contributed by atoms with Crippen molar-refractivity contribution in [2.45, 2.75) is 64.3 Å². The normalized spacial score (nSPS) is 19.1. The van der Waals surface area contributed by atoms with E-state index in [0.29, 0.717) is 22.8 Å². The molecule has 3 rings (SSSR count). The second-order valence-electron chi connectivity index (χ2n) is 9.15. The summed E-state index contributed by atoms with van der Waals surface area (Å²) in [5.74, 6) is 0.544. The molecule has 2 aromatic rings. The van der Waals surface area contributed by atoms with Crippen LogP contribution in [-0.4, -0.2) is 28.7 Å². The molecule has 186 valence electrons. The third-order valence-corrected chi connectivity index (χ3v) is 6.95. The van der Waals surface area contributed by atoms with Crippen molar-refractivity contribution in [3.05, 3.63) is 82.9 Å². The van der Waals surface area contributed by atoms with Crippen LogP contribution < -0.4 is 0 Å². The Kier molecular flexibility index (Phi) is 12.5. The number of amides is 1. The Labute approximate surface area is 220 Å². The van der Waals surface area contributed by atoms with E-state index in [1.54, 1.807) is 0 Å². The number of allylic oxidation sites excluding steroid dienone is 1. The maximum absolute atomic E-state index is 13.4. The lowest BCUT2D eigenvalue weighted by Crippen LogP contribution is -2.52. The highest BCUT2D eigenvalue weighted by Crippen LogP contribution is 2.39. The monoisotopic (exact) mass is 521 g/mol. The van der Waals surface area contributed by atoms with E-state index in [4.69, 9.17) is 27.4 Å². The number of nitrogens with zero attached hydrogens (tertiary/aromatic N) is 1. The first-order valence-corrected chi connectivity index (χ1v) is 13.5. The molecule has 3 unspecified atom stereocenters. The number of rotatable bonds is 9. The van der Waals surface area contributed by atoms with Gasteiger partial charge in [-0.1, -0.05) is 87.3 Å². The van der Waals surface area contributed by atoms with E-state index < -0.39 is 0 Å². The predicted octanol–water partition coefficient (Wildman–Crippen LogP) is 8.63. The zero-order valence-electron chi connectivity index (χ0n) is 20.6. The van der Waals surface area contributed by atoms with Crippen LogP contribution in [0.2, 0.25) is 10.0 Å². The van der Waals surface area contributed by atoms with Gasteiger partial charge in [0.1, 0.15) is 0 Å². The maximum Gasteiger partial charge on any atom is 0.226 e. The maximum atomic E-state index is 13.4. The molecule has 0 aromatic heterocycles. The molecular formula is C28H37Cl2NO2S. The Morgan fingerprint density at radius 1 is 1.03 bits per heavy atom. The number of benzene rings is 2. The van der Waals surface area contributed by atoms with Crippen LogP contribution in [0.25, 0.3) is 0 Å². The minimum Gasteiger partial charge on any atom is -0.330 e. The lowest BCUT2D eigenvalue weighted by atomic mass is 9.84. The number of hydrogen-bond donors (Lipinski definition) is 0. The van der Waals surface area contributed by atoms with Crippen molar-refractivity contribution < 1.29 is 8.98 Å². The number of halogens is 2. The fourth-order valence-corrected chi connectivity index (χ4v) is 4.83. The van der Waals surface area contributed by atoms with E-state index in [1.165, 1.54) is 12.0 Å². The molecule has 0 spiro atoms. The lowest BCUT2D eigenvalue weighted by molar-refractivity contribution is -0.147. The van der Waals surface area contributed by atoms with E-state index in [0.717, 1.165) is 29.8 Å². The van der Waals surface area contributed by atoms with Gasteiger partial charge in [-0.05, 0) is 67.1 Å². The van der Waals surface area contributed by atoms with Crippen molar-refractivity contribution in [3.8, 4) is 0 Å². The number of hydrogen-bond acceptors (Lipinski definition) is 3. The van der Waals surface area contributed by atoms with Crippen molar-refractivity contribution in [1.82, 2.24) is 4.90 Å². The van der Waals surface area contributed by atoms with Gasteiger partial charge in [-0.3, -0.25) is 4.79 Å². The summed E-state index contributed by atoms with van der Waals surface area (Å²) < 4.78 is 5.90. The first-order chi connectivity index (χ1) is 16.2. The second-order valence-corrected chi connectivity index (χ2v) is 11.4. The molecule has 1 heterocycles. The smallest absolute Gasteiger partial charge is 0.226 e. The summed E-state index contributed by atoms with van der Waals surface area (Å²) >= 11 is 13.1. The second kappa shape index (κ2) is 14.8. The van der Waals surface area contributed by atoms with E-state index in [2.05, 4.69) is 39.2 Å². The first kappa shape index (κ1) is 28.8. The van der Waals surface area contributed by atoms with Gasteiger partial charge in [0.2, 0.25) is 5.91 Å². The van der Waals surface area contributed by atoms with Crippen molar-refractivity contribution in [3.63, 3.8) is 0 Å². The molecule has 0 radical (unpaired) electrons. The van der Waals surface area contributed by atoms with Gasteiger partial charge in [-0.2, -0.15) is 0 Å². The van der Waals surface area contributed by atoms with E-state index >= 15 is 0 Å². The van der Waals surface area contributed by atoms with E-state index in [1.807, 2.05) is 60.7 Å². The van der Waals surface area contributed by atoms with Gasteiger partial charge in [0, 0.05) is 21.2 Å². The molecule has 6 heteroatoms. The van der Waals surface area contributed by atoms with Crippen molar-refractivity contribution in [2.75, 3.05) is 6.61 Å². The average Bonchev–Trinajstić information content (AvgIpc) is 2.80. The van der Waals surface area contributed by atoms with Gasteiger partial charge >= 0.3 is 0 Å². The summed E-state index contributed by atoms with van der Waals surface area (Å²) in [6.07, 6.45) is 4.43. The van der Waals surface area contributed by atoms with E-state index in [-0.39, 0.29) is 23.9 Å². The summed E-state index contributed by atoms with van der Waals surface area (Å²) in [5.41, 5.74) is 1.15. The Morgan fingerprint density at radius 2 is 1.65 bits per heavy atom. The van der Waals surface area contributed by atoms with Gasteiger partial charge in [0.05, 0.1) is 18.7 Å². The standard InChI is InChI=1S/C22H32ClNO2S.C6H5Cl/c1-6-7-18-10-13-20(17-8-11-19(23)12-9-17)24(22(18)25)21(15(2)3)14-26-27-16(4)5;7-6-4-2-1-3-5-6/h6,8-9,11-12,15-16,18,20-21H,1,7,10,13-14H2,2-5H3;1-5H. The molecule has 1 amide bonds. The number of likely N-dealkylation sites (tertiary alicyclic amines) is 1. The highest BCUT2D eigenvalue weighted by atomic mass is 35.5. The molecule has 3 atom stereocenters. The molecule has 3 nitrogen and oxygen atoms in total. The largest absolute Gasteiger partial charge is 0.330 e. The summed E-state index contributed by atoms with van der Waals surface area (Å²) in [6.45, 7) is 12.9. The van der Waals surface area contributed by atoms with Crippen LogP contribution in [0.4, 0.5) is 0 Å². The Bertz CT molecular complexity index is 874. The minimum absolute atomic E-state index is 0.0186. The highest BCUT2D eigenvalue weighted by molar-refractivity contribution is 7.95. The van der Waals surface area contributed by atoms with E-state index in [9.17, 15) is 4.79 Å². The average molecular weight is 523 g/mol. The Morgan fingerprint density at radius 3 is 2.15 bits per heavy atom. The fourth-order valence-electron chi connectivity index (χ4n) is 4.07. The van der Waals surface area contributed by atoms with Crippen LogP contribution in [0.1, 0.15) is 58.6 Å². The van der Waals surface area contributed by atoms with Crippen LogP contribution in [0, 0.1) is 11.8 Å². The molecular weight excluding hydrogens is 485 g/mol. The fraction of sp³-hybridized carbons (Fsp3) is 0.464. The summed E-state index contributed by atoms with van der Waals surface area (Å²) in [7, 11) is 0. The Balaban J connectivity index is 0.000000497. The number of carbonyl (C=O) groups excluding carboxylic acids is 1. The molecule has 0 bridgehead atoms. The third-order valence-electron chi connectivity index (χ3n) is 5.79. The molecule has 1 saturated heterocycles. The minimum atomic E-state index is 0.0186. The SMILES string of the molecule is C=CCC1CCC(c2ccc(Cl)cc2)N(C(COSC(C)C)C(C)C)C1=O.Clc1ccccc1. The zero-order chi connectivity index (χ0) is 25.1. The van der Waals surface area contributed by atoms with Crippen LogP contribution in [0.5, 0.6) is 0 Å². The summed E-state index contributed by atoms with van der Waals surface area (Å²) in [4.78, 5) is 15.5. The lowest BCUT2D eigenvalue weighted by Gasteiger charge is -2.45. The van der Waals surface area contributed by atoms with Gasteiger partial charge in [0.25, 0.3) is 0 Å². The van der Waals surface area contributed by atoms with Crippen LogP contribution in [0.15, 0.2) is 67.3 Å². The van der Waals surface area contributed by atoms with Gasteiger partial charge in [0.15, 0.2) is 0 Å². The van der Waals surface area contributed by atoms with Gasteiger partial charge in [-0.25, -0.2) is 0 Å².